The molecule has 108 valence electrons. The van der Waals surface area contributed by atoms with Gasteiger partial charge in [-0.2, -0.15) is 5.26 Å². The van der Waals surface area contributed by atoms with Gasteiger partial charge >= 0.3 is 0 Å². The number of halogens is 2. The molecule has 3 rings (SSSR count). The number of nitriles is 1. The van der Waals surface area contributed by atoms with Crippen molar-refractivity contribution in [3.8, 4) is 27.8 Å². The Bertz CT molecular complexity index is 938. The van der Waals surface area contributed by atoms with Crippen molar-refractivity contribution < 1.29 is 0 Å². The molecule has 0 aliphatic heterocycles. The fourth-order valence-corrected chi connectivity index (χ4v) is 3.64. The molecule has 2 aromatic heterocycles. The lowest BCUT2D eigenvalue weighted by molar-refractivity contribution is 1.22. The van der Waals surface area contributed by atoms with Gasteiger partial charge < -0.3 is 4.98 Å². The number of nitrogens with one attached hydrogen (secondary N) is 1. The third kappa shape index (κ3) is 2.86. The van der Waals surface area contributed by atoms with Crippen molar-refractivity contribution in [2.24, 2.45) is 0 Å². The van der Waals surface area contributed by atoms with Crippen LogP contribution in [0.5, 0.6) is 0 Å². The molecule has 6 heteroatoms. The molecule has 0 bridgehead atoms. The van der Waals surface area contributed by atoms with Crippen molar-refractivity contribution in [1.82, 2.24) is 4.98 Å². The smallest absolute Gasteiger partial charge is 0.267 e. The van der Waals surface area contributed by atoms with E-state index < -0.39 is 5.56 Å². The number of hydrogen-bond acceptors (Lipinski definition) is 3. The number of aromatic nitrogens is 1. The molecular formula is C16H8BrClN2OS. The van der Waals surface area contributed by atoms with Gasteiger partial charge in [-0.3, -0.25) is 4.79 Å². The van der Waals surface area contributed by atoms with Gasteiger partial charge in [0.1, 0.15) is 11.6 Å². The summed E-state index contributed by atoms with van der Waals surface area (Å²) < 4.78 is 0.944. The lowest BCUT2D eigenvalue weighted by Gasteiger charge is -2.06. The molecule has 1 N–H and O–H groups in total. The number of aromatic amines is 1. The molecule has 0 saturated carbocycles. The van der Waals surface area contributed by atoms with Crippen LogP contribution in [0.3, 0.4) is 0 Å². The summed E-state index contributed by atoms with van der Waals surface area (Å²) in [4.78, 5) is 15.8. The summed E-state index contributed by atoms with van der Waals surface area (Å²) in [7, 11) is 0. The molecular weight excluding hydrogens is 384 g/mol. The highest BCUT2D eigenvalue weighted by Gasteiger charge is 2.14. The quantitative estimate of drug-likeness (QED) is 0.664. The average molecular weight is 392 g/mol. The second kappa shape index (κ2) is 6.09. The Balaban J connectivity index is 2.23. The molecule has 0 atom stereocenters. The average Bonchev–Trinajstić information content (AvgIpc) is 2.93. The first-order chi connectivity index (χ1) is 10.6. The zero-order chi connectivity index (χ0) is 15.7. The minimum atomic E-state index is -0.394. The van der Waals surface area contributed by atoms with Crippen LogP contribution >= 0.6 is 38.9 Å². The van der Waals surface area contributed by atoms with Gasteiger partial charge in [0.05, 0.1) is 3.79 Å². The molecule has 0 aliphatic carbocycles. The summed E-state index contributed by atoms with van der Waals surface area (Å²) in [6, 6.07) is 14.8. The Morgan fingerprint density at radius 2 is 1.91 bits per heavy atom. The molecule has 0 radical (unpaired) electrons. The van der Waals surface area contributed by atoms with Gasteiger partial charge in [-0.05, 0) is 51.8 Å². The Hall–Kier alpha value is -1.87. The Morgan fingerprint density at radius 1 is 1.18 bits per heavy atom. The van der Waals surface area contributed by atoms with E-state index in [1.807, 2.05) is 36.4 Å². The van der Waals surface area contributed by atoms with E-state index in [1.165, 1.54) is 11.3 Å². The molecule has 1 aromatic carbocycles. The Kier molecular flexibility index (Phi) is 4.16. The molecule has 3 aromatic rings. The van der Waals surface area contributed by atoms with E-state index in [0.29, 0.717) is 16.3 Å². The van der Waals surface area contributed by atoms with Gasteiger partial charge in [-0.25, -0.2) is 0 Å². The van der Waals surface area contributed by atoms with Gasteiger partial charge in [0.25, 0.3) is 5.56 Å². The van der Waals surface area contributed by atoms with E-state index in [9.17, 15) is 10.1 Å². The van der Waals surface area contributed by atoms with Crippen LogP contribution in [0, 0.1) is 11.3 Å². The first-order valence-corrected chi connectivity index (χ1v) is 8.26. The number of rotatable bonds is 2. The molecule has 2 heterocycles. The Labute approximate surface area is 143 Å². The van der Waals surface area contributed by atoms with Crippen LogP contribution in [0.4, 0.5) is 0 Å². The van der Waals surface area contributed by atoms with Crippen LogP contribution in [0.2, 0.25) is 5.02 Å². The third-order valence-electron chi connectivity index (χ3n) is 3.14. The number of H-pyrrole nitrogens is 1. The first kappa shape index (κ1) is 15.0. The Morgan fingerprint density at radius 3 is 2.50 bits per heavy atom. The fourth-order valence-electron chi connectivity index (χ4n) is 2.11. The number of thiophene rings is 1. The molecule has 0 amide bonds. The number of pyridine rings is 1. The molecule has 0 fully saturated rings. The highest BCUT2D eigenvalue weighted by Crippen LogP contribution is 2.34. The van der Waals surface area contributed by atoms with Crippen LogP contribution in [-0.4, -0.2) is 4.98 Å². The summed E-state index contributed by atoms with van der Waals surface area (Å²) in [5, 5.41) is 9.90. The number of benzene rings is 1. The topological polar surface area (TPSA) is 56.6 Å². The van der Waals surface area contributed by atoms with Crippen molar-refractivity contribution in [3.05, 3.63) is 67.2 Å². The highest BCUT2D eigenvalue weighted by molar-refractivity contribution is 9.11. The van der Waals surface area contributed by atoms with Crippen molar-refractivity contribution in [3.63, 3.8) is 0 Å². The standard InChI is InChI=1S/C16H8BrClN2OS/c17-15-6-5-14(22-15)11-7-13(20-16(21)12(11)8-19)9-1-3-10(18)4-2-9/h1-7H,(H,20,21). The maximum absolute atomic E-state index is 12.2. The van der Waals surface area contributed by atoms with Crippen LogP contribution in [0.25, 0.3) is 21.7 Å². The van der Waals surface area contributed by atoms with Crippen molar-refractivity contribution >= 4 is 38.9 Å². The third-order valence-corrected chi connectivity index (χ3v) is 5.05. The highest BCUT2D eigenvalue weighted by atomic mass is 79.9. The largest absolute Gasteiger partial charge is 0.321 e. The first-order valence-electron chi connectivity index (χ1n) is 6.27. The predicted molar refractivity (Wildman–Crippen MR) is 93.2 cm³/mol. The summed E-state index contributed by atoms with van der Waals surface area (Å²) >= 11 is 10.8. The maximum Gasteiger partial charge on any atom is 0.267 e. The van der Waals surface area contributed by atoms with Gasteiger partial charge in [0.15, 0.2) is 0 Å². The van der Waals surface area contributed by atoms with Crippen LogP contribution in [-0.2, 0) is 0 Å². The summed E-state index contributed by atoms with van der Waals surface area (Å²) in [5.74, 6) is 0. The molecule has 3 nitrogen and oxygen atoms in total. The van der Waals surface area contributed by atoms with Crippen LogP contribution in [0.1, 0.15) is 5.56 Å². The van der Waals surface area contributed by atoms with Crippen molar-refractivity contribution in [2.45, 2.75) is 0 Å². The summed E-state index contributed by atoms with van der Waals surface area (Å²) in [6.45, 7) is 0. The van der Waals surface area contributed by atoms with Crippen molar-refractivity contribution in [1.29, 1.82) is 5.26 Å². The second-order valence-electron chi connectivity index (χ2n) is 4.52. The monoisotopic (exact) mass is 390 g/mol. The number of hydrogen-bond donors (Lipinski definition) is 1. The van der Waals surface area contributed by atoms with E-state index in [2.05, 4.69) is 20.9 Å². The molecule has 0 spiro atoms. The molecule has 22 heavy (non-hydrogen) atoms. The van der Waals surface area contributed by atoms with E-state index in [0.717, 1.165) is 14.2 Å². The van der Waals surface area contributed by atoms with E-state index >= 15 is 0 Å². The van der Waals surface area contributed by atoms with E-state index in [1.54, 1.807) is 12.1 Å². The fraction of sp³-hybridized carbons (Fsp3) is 0. The lowest BCUT2D eigenvalue weighted by Crippen LogP contribution is -2.12. The van der Waals surface area contributed by atoms with Gasteiger partial charge in [0.2, 0.25) is 0 Å². The van der Waals surface area contributed by atoms with Gasteiger partial charge in [-0.15, -0.1) is 11.3 Å². The zero-order valence-electron chi connectivity index (χ0n) is 11.1. The minimum Gasteiger partial charge on any atom is -0.321 e. The predicted octanol–water partition coefficient (Wildman–Crippen LogP) is 5.06. The molecule has 0 aliphatic rings. The van der Waals surface area contributed by atoms with E-state index in [-0.39, 0.29) is 5.56 Å². The molecule has 0 saturated heterocycles. The summed E-state index contributed by atoms with van der Waals surface area (Å²) in [6.07, 6.45) is 0. The van der Waals surface area contributed by atoms with Crippen molar-refractivity contribution in [2.75, 3.05) is 0 Å². The van der Waals surface area contributed by atoms with Gasteiger partial charge in [-0.1, -0.05) is 23.7 Å². The molecule has 0 unspecified atom stereocenters. The zero-order valence-corrected chi connectivity index (χ0v) is 14.2. The summed E-state index contributed by atoms with van der Waals surface area (Å²) in [5.41, 5.74) is 1.84. The normalized spacial score (nSPS) is 10.4. The van der Waals surface area contributed by atoms with Crippen LogP contribution in [0.15, 0.2) is 51.0 Å². The second-order valence-corrected chi connectivity index (χ2v) is 7.42. The lowest BCUT2D eigenvalue weighted by atomic mass is 10.0. The number of nitrogens with zero attached hydrogens (tertiary/aromatic N) is 1. The van der Waals surface area contributed by atoms with Gasteiger partial charge in [0, 0.05) is 21.2 Å². The van der Waals surface area contributed by atoms with E-state index in [4.69, 9.17) is 11.6 Å². The SMILES string of the molecule is N#Cc1c(-c2ccc(Br)s2)cc(-c2ccc(Cl)cc2)[nH]c1=O. The minimum absolute atomic E-state index is 0.118. The maximum atomic E-state index is 12.2. The van der Waals surface area contributed by atoms with Crippen LogP contribution < -0.4 is 5.56 Å².